The first kappa shape index (κ1) is 16.5. The number of nitrogens with zero attached hydrogens (tertiary/aromatic N) is 1. The van der Waals surface area contributed by atoms with Gasteiger partial charge in [-0.3, -0.25) is 4.79 Å². The summed E-state index contributed by atoms with van der Waals surface area (Å²) >= 11 is 0. The number of carbonyl (C=O) groups is 1. The van der Waals surface area contributed by atoms with Crippen molar-refractivity contribution in [2.24, 2.45) is 16.5 Å². The van der Waals surface area contributed by atoms with Gasteiger partial charge in [0.15, 0.2) is 5.96 Å². The number of hydrogen-bond acceptors (Lipinski definition) is 2. The maximum absolute atomic E-state index is 12.6. The van der Waals surface area contributed by atoms with E-state index in [1.54, 1.807) is 7.11 Å². The summed E-state index contributed by atoms with van der Waals surface area (Å²) in [4.78, 5) is 16.4. The predicted octanol–water partition coefficient (Wildman–Crippen LogP) is 2.00. The standard InChI is InChI=1S/C18H21N3O2/c1-18(16(22)21-17(19)20,14-6-4-3-5-7-14)12-13-8-10-15(23-2)11-9-13/h3-11H,12H2,1-2H3,(H4,19,20,21,22). The molecule has 0 radical (unpaired) electrons. The average molecular weight is 311 g/mol. The molecule has 0 aliphatic rings. The highest BCUT2D eigenvalue weighted by Gasteiger charge is 2.35. The zero-order valence-corrected chi connectivity index (χ0v) is 13.3. The van der Waals surface area contributed by atoms with Crippen LogP contribution in [0.5, 0.6) is 5.75 Å². The smallest absolute Gasteiger partial charge is 0.259 e. The number of amides is 1. The SMILES string of the molecule is COc1ccc(CC(C)(C(=O)N=C(N)N)c2ccccc2)cc1. The fourth-order valence-corrected chi connectivity index (χ4v) is 2.50. The third-order valence-electron chi connectivity index (χ3n) is 3.83. The first-order valence-corrected chi connectivity index (χ1v) is 7.28. The molecule has 0 aromatic heterocycles. The molecular formula is C18H21N3O2. The second-order valence-electron chi connectivity index (χ2n) is 5.56. The molecular weight excluding hydrogens is 290 g/mol. The minimum Gasteiger partial charge on any atom is -0.497 e. The lowest BCUT2D eigenvalue weighted by atomic mass is 9.76. The summed E-state index contributed by atoms with van der Waals surface area (Å²) in [5, 5.41) is 0. The van der Waals surface area contributed by atoms with Gasteiger partial charge in [0.05, 0.1) is 12.5 Å². The van der Waals surface area contributed by atoms with E-state index in [9.17, 15) is 4.79 Å². The topological polar surface area (TPSA) is 90.7 Å². The molecule has 2 aromatic carbocycles. The van der Waals surface area contributed by atoms with Crippen LogP contribution in [0.3, 0.4) is 0 Å². The molecule has 0 fully saturated rings. The Labute approximate surface area is 136 Å². The zero-order valence-electron chi connectivity index (χ0n) is 13.3. The Bertz CT molecular complexity index is 692. The largest absolute Gasteiger partial charge is 0.497 e. The zero-order chi connectivity index (χ0) is 16.9. The lowest BCUT2D eigenvalue weighted by molar-refractivity contribution is -0.122. The van der Waals surface area contributed by atoms with E-state index in [-0.39, 0.29) is 11.9 Å². The van der Waals surface area contributed by atoms with Gasteiger partial charge in [0.1, 0.15) is 5.75 Å². The third-order valence-corrected chi connectivity index (χ3v) is 3.83. The fourth-order valence-electron chi connectivity index (χ4n) is 2.50. The lowest BCUT2D eigenvalue weighted by Crippen LogP contribution is -2.36. The number of carbonyl (C=O) groups excluding carboxylic acids is 1. The summed E-state index contributed by atoms with van der Waals surface area (Å²) in [5.41, 5.74) is 11.8. The number of nitrogens with two attached hydrogens (primary N) is 2. The summed E-state index contributed by atoms with van der Waals surface area (Å²) in [6.07, 6.45) is 0.483. The van der Waals surface area contributed by atoms with Crippen LogP contribution in [-0.2, 0) is 16.6 Å². The second kappa shape index (κ2) is 6.96. The molecule has 5 heteroatoms. The van der Waals surface area contributed by atoms with Gasteiger partial charge in [-0.25, -0.2) is 0 Å². The van der Waals surface area contributed by atoms with Gasteiger partial charge in [0, 0.05) is 0 Å². The minimum atomic E-state index is -0.847. The van der Waals surface area contributed by atoms with Crippen LogP contribution in [0, 0.1) is 0 Å². The highest BCUT2D eigenvalue weighted by Crippen LogP contribution is 2.30. The third kappa shape index (κ3) is 3.88. The van der Waals surface area contributed by atoms with E-state index in [0.717, 1.165) is 16.9 Å². The number of ether oxygens (including phenoxy) is 1. The first-order valence-electron chi connectivity index (χ1n) is 7.28. The van der Waals surface area contributed by atoms with Crippen LogP contribution < -0.4 is 16.2 Å². The molecule has 0 bridgehead atoms. The molecule has 0 saturated carbocycles. The normalized spacial score (nSPS) is 13.0. The monoisotopic (exact) mass is 311 g/mol. The van der Waals surface area contributed by atoms with Crippen molar-refractivity contribution in [3.8, 4) is 5.75 Å². The van der Waals surface area contributed by atoms with Gasteiger partial charge in [-0.15, -0.1) is 0 Å². The van der Waals surface area contributed by atoms with Gasteiger partial charge in [0.25, 0.3) is 5.91 Å². The second-order valence-corrected chi connectivity index (χ2v) is 5.56. The van der Waals surface area contributed by atoms with E-state index in [0.29, 0.717) is 6.42 Å². The van der Waals surface area contributed by atoms with Crippen molar-refractivity contribution in [3.63, 3.8) is 0 Å². The minimum absolute atomic E-state index is 0.230. The fraction of sp³-hybridized carbons (Fsp3) is 0.222. The number of guanidine groups is 1. The summed E-state index contributed by atoms with van der Waals surface area (Å²) < 4.78 is 5.16. The van der Waals surface area contributed by atoms with Gasteiger partial charge in [-0.05, 0) is 36.6 Å². The molecule has 120 valence electrons. The van der Waals surface area contributed by atoms with Crippen LogP contribution in [0.1, 0.15) is 18.1 Å². The van der Waals surface area contributed by atoms with Gasteiger partial charge in [0.2, 0.25) is 0 Å². The highest BCUT2D eigenvalue weighted by atomic mass is 16.5. The quantitative estimate of drug-likeness (QED) is 0.652. The summed E-state index contributed by atoms with van der Waals surface area (Å²) in [6, 6.07) is 17.1. The van der Waals surface area contributed by atoms with E-state index in [4.69, 9.17) is 16.2 Å². The molecule has 1 amide bonds. The van der Waals surface area contributed by atoms with E-state index >= 15 is 0 Å². The molecule has 0 heterocycles. The van der Waals surface area contributed by atoms with Crippen molar-refractivity contribution in [1.29, 1.82) is 0 Å². The Morgan fingerprint density at radius 3 is 2.22 bits per heavy atom. The average Bonchev–Trinajstić information content (AvgIpc) is 2.55. The number of rotatable bonds is 5. The molecule has 0 spiro atoms. The van der Waals surface area contributed by atoms with Crippen LogP contribution in [0.15, 0.2) is 59.6 Å². The van der Waals surface area contributed by atoms with Crippen molar-refractivity contribution in [3.05, 3.63) is 65.7 Å². The number of hydrogen-bond donors (Lipinski definition) is 2. The number of benzene rings is 2. The molecule has 0 saturated heterocycles. The molecule has 1 unspecified atom stereocenters. The molecule has 1 atom stereocenters. The lowest BCUT2D eigenvalue weighted by Gasteiger charge is -2.27. The molecule has 0 aliphatic heterocycles. The Hall–Kier alpha value is -2.82. The maximum Gasteiger partial charge on any atom is 0.259 e. The van der Waals surface area contributed by atoms with Gasteiger partial charge in [-0.1, -0.05) is 42.5 Å². The Morgan fingerprint density at radius 2 is 1.70 bits per heavy atom. The number of aliphatic imine (C=N–C) groups is 1. The maximum atomic E-state index is 12.6. The van der Waals surface area contributed by atoms with E-state index in [1.807, 2.05) is 61.5 Å². The van der Waals surface area contributed by atoms with E-state index in [1.165, 1.54) is 0 Å². The Kier molecular flexibility index (Phi) is 5.01. The van der Waals surface area contributed by atoms with Crippen LogP contribution in [0.4, 0.5) is 0 Å². The summed E-state index contributed by atoms with van der Waals surface area (Å²) in [6.45, 7) is 1.85. The molecule has 23 heavy (non-hydrogen) atoms. The van der Waals surface area contributed by atoms with E-state index in [2.05, 4.69) is 4.99 Å². The molecule has 2 rings (SSSR count). The van der Waals surface area contributed by atoms with Crippen LogP contribution in [0.2, 0.25) is 0 Å². The van der Waals surface area contributed by atoms with Gasteiger partial charge >= 0.3 is 0 Å². The predicted molar refractivity (Wildman–Crippen MR) is 91.3 cm³/mol. The molecule has 4 N–H and O–H groups in total. The van der Waals surface area contributed by atoms with Crippen molar-refractivity contribution < 1.29 is 9.53 Å². The number of methoxy groups -OCH3 is 1. The first-order chi connectivity index (χ1) is 11.0. The van der Waals surface area contributed by atoms with Crippen molar-refractivity contribution in [2.75, 3.05) is 7.11 Å². The summed E-state index contributed by atoms with van der Waals surface area (Å²) in [7, 11) is 1.62. The summed E-state index contributed by atoms with van der Waals surface area (Å²) in [5.74, 6) is 0.178. The Morgan fingerprint density at radius 1 is 1.09 bits per heavy atom. The van der Waals surface area contributed by atoms with E-state index < -0.39 is 5.41 Å². The van der Waals surface area contributed by atoms with Crippen LogP contribution in [-0.4, -0.2) is 19.0 Å². The van der Waals surface area contributed by atoms with Crippen LogP contribution in [0.25, 0.3) is 0 Å². The highest BCUT2D eigenvalue weighted by molar-refractivity contribution is 5.97. The molecule has 0 aliphatic carbocycles. The Balaban J connectivity index is 2.40. The van der Waals surface area contributed by atoms with Crippen molar-refractivity contribution in [1.82, 2.24) is 0 Å². The van der Waals surface area contributed by atoms with Gasteiger partial charge in [-0.2, -0.15) is 4.99 Å². The molecule has 5 nitrogen and oxygen atoms in total. The molecule has 2 aromatic rings. The van der Waals surface area contributed by atoms with Crippen molar-refractivity contribution >= 4 is 11.9 Å². The van der Waals surface area contributed by atoms with Crippen molar-refractivity contribution in [2.45, 2.75) is 18.8 Å². The van der Waals surface area contributed by atoms with Crippen LogP contribution >= 0.6 is 0 Å². The van der Waals surface area contributed by atoms with Gasteiger partial charge < -0.3 is 16.2 Å².